The zero-order valence-corrected chi connectivity index (χ0v) is 15.8. The minimum atomic E-state index is -0.548. The molecule has 3 aromatic rings. The van der Waals surface area contributed by atoms with E-state index >= 15 is 0 Å². The Kier molecular flexibility index (Phi) is 5.33. The molecule has 138 valence electrons. The van der Waals surface area contributed by atoms with Crippen molar-refractivity contribution in [2.75, 3.05) is 20.7 Å². The number of nitrogens with zero attached hydrogens (tertiary/aromatic N) is 1. The molecule has 0 fully saturated rings. The Bertz CT molecular complexity index is 1030. The van der Waals surface area contributed by atoms with E-state index in [1.165, 1.54) is 4.90 Å². The molecule has 2 amide bonds. The molecule has 3 aromatic carbocycles. The molecule has 0 aromatic heterocycles. The fourth-order valence-electron chi connectivity index (χ4n) is 2.93. The third-order valence-electron chi connectivity index (χ3n) is 4.31. The fraction of sp³-hybridized carbons (Fsp3) is 0.143. The summed E-state index contributed by atoms with van der Waals surface area (Å²) in [6.45, 7) is -0.119. The Morgan fingerprint density at radius 2 is 1.74 bits per heavy atom. The number of carbonyl (C=O) groups excluding carboxylic acids is 2. The van der Waals surface area contributed by atoms with E-state index < -0.39 is 5.91 Å². The van der Waals surface area contributed by atoms with E-state index in [1.807, 2.05) is 36.4 Å². The average molecular weight is 383 g/mol. The number of fused-ring (bicyclic) bond motifs is 1. The van der Waals surface area contributed by atoms with Gasteiger partial charge in [-0.3, -0.25) is 9.59 Å². The van der Waals surface area contributed by atoms with Crippen LogP contribution in [-0.4, -0.2) is 37.4 Å². The van der Waals surface area contributed by atoms with Crippen molar-refractivity contribution in [2.45, 2.75) is 0 Å². The Morgan fingerprint density at radius 3 is 2.41 bits per heavy atom. The highest BCUT2D eigenvalue weighted by Gasteiger charge is 2.14. The third-order valence-corrected chi connectivity index (χ3v) is 4.63. The second-order valence-corrected chi connectivity index (χ2v) is 6.66. The van der Waals surface area contributed by atoms with Crippen LogP contribution in [0.25, 0.3) is 21.9 Å². The van der Waals surface area contributed by atoms with E-state index in [2.05, 4.69) is 0 Å². The molecule has 3 rings (SSSR count). The number of nitrogens with two attached hydrogens (primary N) is 1. The number of rotatable bonds is 5. The van der Waals surface area contributed by atoms with Crippen LogP contribution in [-0.2, 0) is 4.79 Å². The molecule has 0 atom stereocenters. The van der Waals surface area contributed by atoms with E-state index in [0.717, 1.165) is 21.9 Å². The molecule has 27 heavy (non-hydrogen) atoms. The molecule has 0 aliphatic carbocycles. The minimum Gasteiger partial charge on any atom is -0.497 e. The van der Waals surface area contributed by atoms with Crippen LogP contribution in [0.5, 0.6) is 5.75 Å². The van der Waals surface area contributed by atoms with Crippen molar-refractivity contribution in [3.05, 3.63) is 65.2 Å². The summed E-state index contributed by atoms with van der Waals surface area (Å²) in [7, 11) is 3.15. The van der Waals surface area contributed by atoms with Gasteiger partial charge in [0.1, 0.15) is 5.75 Å². The first kappa shape index (κ1) is 18.7. The van der Waals surface area contributed by atoms with Crippen LogP contribution in [0.3, 0.4) is 0 Å². The summed E-state index contributed by atoms with van der Waals surface area (Å²) in [5.74, 6) is -0.0987. The smallest absolute Gasteiger partial charge is 0.254 e. The maximum Gasteiger partial charge on any atom is 0.254 e. The van der Waals surface area contributed by atoms with Crippen LogP contribution >= 0.6 is 11.6 Å². The van der Waals surface area contributed by atoms with Gasteiger partial charge in [-0.05, 0) is 52.7 Å². The van der Waals surface area contributed by atoms with Crippen molar-refractivity contribution in [3.8, 4) is 16.9 Å². The Labute approximate surface area is 162 Å². The van der Waals surface area contributed by atoms with Gasteiger partial charge in [-0.15, -0.1) is 0 Å². The number of methoxy groups -OCH3 is 1. The Morgan fingerprint density at radius 1 is 1.04 bits per heavy atom. The van der Waals surface area contributed by atoms with Crippen LogP contribution in [0.15, 0.2) is 54.6 Å². The summed E-state index contributed by atoms with van der Waals surface area (Å²) in [4.78, 5) is 24.7. The zero-order chi connectivity index (χ0) is 19.6. The summed E-state index contributed by atoms with van der Waals surface area (Å²) in [6.07, 6.45) is 0. The van der Waals surface area contributed by atoms with Crippen molar-refractivity contribution in [3.63, 3.8) is 0 Å². The highest BCUT2D eigenvalue weighted by molar-refractivity contribution is 6.33. The summed E-state index contributed by atoms with van der Waals surface area (Å²) < 4.78 is 5.19. The molecule has 0 saturated heterocycles. The number of likely N-dealkylation sites (N-methyl/N-ethyl adjacent to an activating group) is 1. The van der Waals surface area contributed by atoms with Crippen molar-refractivity contribution < 1.29 is 14.3 Å². The highest BCUT2D eigenvalue weighted by Crippen LogP contribution is 2.33. The van der Waals surface area contributed by atoms with Gasteiger partial charge in [-0.1, -0.05) is 29.8 Å². The van der Waals surface area contributed by atoms with E-state index in [0.29, 0.717) is 16.3 Å². The minimum absolute atomic E-state index is 0.119. The monoisotopic (exact) mass is 382 g/mol. The predicted octanol–water partition coefficient (Wildman–Crippen LogP) is 3.73. The summed E-state index contributed by atoms with van der Waals surface area (Å²) >= 11 is 6.37. The normalized spacial score (nSPS) is 10.6. The quantitative estimate of drug-likeness (QED) is 0.730. The maximum atomic E-state index is 12.4. The standard InChI is InChI=1S/C21H19ClN2O3/c1-24(12-20(23)25)21(26)16-6-4-13-9-15(5-3-14(13)10-16)18-8-7-17(27-2)11-19(18)22/h3-11H,12H2,1-2H3,(H2,23,25). The molecule has 0 bridgehead atoms. The molecule has 0 heterocycles. The van der Waals surface area contributed by atoms with Crippen LogP contribution in [0.2, 0.25) is 5.02 Å². The molecule has 0 unspecified atom stereocenters. The number of amides is 2. The molecule has 5 nitrogen and oxygen atoms in total. The van der Waals surface area contributed by atoms with E-state index in [1.54, 1.807) is 32.4 Å². The van der Waals surface area contributed by atoms with E-state index in [9.17, 15) is 9.59 Å². The van der Waals surface area contributed by atoms with Crippen molar-refractivity contribution in [1.29, 1.82) is 0 Å². The first-order valence-corrected chi connectivity index (χ1v) is 8.68. The number of carbonyl (C=O) groups is 2. The summed E-state index contributed by atoms with van der Waals surface area (Å²) in [5, 5.41) is 2.50. The van der Waals surface area contributed by atoms with Gasteiger partial charge in [-0.2, -0.15) is 0 Å². The van der Waals surface area contributed by atoms with E-state index in [4.69, 9.17) is 22.1 Å². The first-order valence-electron chi connectivity index (χ1n) is 8.30. The summed E-state index contributed by atoms with van der Waals surface area (Å²) in [6, 6.07) is 16.9. The largest absolute Gasteiger partial charge is 0.497 e. The van der Waals surface area contributed by atoms with Gasteiger partial charge in [0.15, 0.2) is 0 Å². The van der Waals surface area contributed by atoms with Gasteiger partial charge >= 0.3 is 0 Å². The molecule has 0 spiro atoms. The van der Waals surface area contributed by atoms with E-state index in [-0.39, 0.29) is 12.5 Å². The number of halogens is 1. The zero-order valence-electron chi connectivity index (χ0n) is 15.0. The van der Waals surface area contributed by atoms with Gasteiger partial charge in [0.2, 0.25) is 5.91 Å². The van der Waals surface area contributed by atoms with Gasteiger partial charge in [0, 0.05) is 18.2 Å². The van der Waals surface area contributed by atoms with Crippen LogP contribution in [0, 0.1) is 0 Å². The lowest BCUT2D eigenvalue weighted by atomic mass is 9.99. The molecular formula is C21H19ClN2O3. The SMILES string of the molecule is COc1ccc(-c2ccc3cc(C(=O)N(C)CC(N)=O)ccc3c2)c(Cl)c1. The Hall–Kier alpha value is -3.05. The van der Waals surface area contributed by atoms with Crippen LogP contribution in [0.1, 0.15) is 10.4 Å². The fourth-order valence-corrected chi connectivity index (χ4v) is 3.21. The van der Waals surface area contributed by atoms with Gasteiger partial charge in [0.25, 0.3) is 5.91 Å². The van der Waals surface area contributed by atoms with Crippen molar-refractivity contribution in [2.24, 2.45) is 5.73 Å². The maximum absolute atomic E-state index is 12.4. The second-order valence-electron chi connectivity index (χ2n) is 6.25. The Balaban J connectivity index is 1.94. The molecule has 0 aliphatic heterocycles. The lowest BCUT2D eigenvalue weighted by Crippen LogP contribution is -2.35. The van der Waals surface area contributed by atoms with Gasteiger partial charge in [-0.25, -0.2) is 0 Å². The summed E-state index contributed by atoms with van der Waals surface area (Å²) in [5.41, 5.74) is 7.53. The molecular weight excluding hydrogens is 364 g/mol. The second kappa shape index (κ2) is 7.68. The van der Waals surface area contributed by atoms with Gasteiger partial charge in [0.05, 0.1) is 18.7 Å². The van der Waals surface area contributed by atoms with Gasteiger partial charge < -0.3 is 15.4 Å². The van der Waals surface area contributed by atoms with Crippen molar-refractivity contribution in [1.82, 2.24) is 4.90 Å². The third kappa shape index (κ3) is 4.04. The molecule has 6 heteroatoms. The van der Waals surface area contributed by atoms with Crippen molar-refractivity contribution >= 4 is 34.2 Å². The molecule has 2 N–H and O–H groups in total. The number of benzene rings is 3. The number of hydrogen-bond donors (Lipinski definition) is 1. The predicted molar refractivity (Wildman–Crippen MR) is 107 cm³/mol. The van der Waals surface area contributed by atoms with Crippen LogP contribution in [0.4, 0.5) is 0 Å². The van der Waals surface area contributed by atoms with Crippen LogP contribution < -0.4 is 10.5 Å². The molecule has 0 saturated carbocycles. The lowest BCUT2D eigenvalue weighted by Gasteiger charge is -2.15. The lowest BCUT2D eigenvalue weighted by molar-refractivity contribution is -0.118. The number of hydrogen-bond acceptors (Lipinski definition) is 3. The molecule has 0 radical (unpaired) electrons. The topological polar surface area (TPSA) is 72.6 Å². The average Bonchev–Trinajstić information content (AvgIpc) is 2.65. The first-order chi connectivity index (χ1) is 12.9. The highest BCUT2D eigenvalue weighted by atomic mass is 35.5. The number of primary amides is 1. The number of ether oxygens (including phenoxy) is 1. The molecule has 0 aliphatic rings.